The van der Waals surface area contributed by atoms with Crippen LogP contribution < -0.4 is 5.32 Å². The van der Waals surface area contributed by atoms with Crippen molar-refractivity contribution < 1.29 is 38.1 Å². The summed E-state index contributed by atoms with van der Waals surface area (Å²) in [6.45, 7) is 3.67. The molecule has 0 saturated carbocycles. The second-order valence-corrected chi connectivity index (χ2v) is 10.3. The van der Waals surface area contributed by atoms with Gasteiger partial charge in [0.2, 0.25) is 0 Å². The van der Waals surface area contributed by atoms with Gasteiger partial charge in [-0.25, -0.2) is 13.2 Å². The molecule has 0 bridgehead atoms. The van der Waals surface area contributed by atoms with E-state index >= 15 is 0 Å². The van der Waals surface area contributed by atoms with Crippen LogP contribution in [-0.2, 0) is 4.79 Å². The Hall–Kier alpha value is -4.67. The Labute approximate surface area is 246 Å². The van der Waals surface area contributed by atoms with Gasteiger partial charge in [-0.2, -0.15) is 0 Å². The van der Waals surface area contributed by atoms with Gasteiger partial charge in [-0.05, 0) is 79.6 Å². The Morgan fingerprint density at radius 2 is 1.30 bits per heavy atom. The molecule has 3 aromatic carbocycles. The van der Waals surface area contributed by atoms with Crippen LogP contribution >= 0.6 is 0 Å². The van der Waals surface area contributed by atoms with Crippen LogP contribution in [-0.4, -0.2) is 44.0 Å². The number of hydrogen-bond donors (Lipinski definition) is 4. The smallest absolute Gasteiger partial charge is 0.305 e. The van der Waals surface area contributed by atoms with Gasteiger partial charge in [0.1, 0.15) is 23.1 Å². The van der Waals surface area contributed by atoms with Gasteiger partial charge in [-0.3, -0.25) is 9.59 Å². The van der Waals surface area contributed by atoms with Gasteiger partial charge in [0.25, 0.3) is 5.91 Å². The van der Waals surface area contributed by atoms with Crippen LogP contribution in [0.2, 0.25) is 0 Å². The molecule has 0 radical (unpaired) electrons. The molecule has 0 spiro atoms. The van der Waals surface area contributed by atoms with E-state index in [9.17, 15) is 33.0 Å². The number of nitrogens with one attached hydrogen (secondary N) is 1. The lowest BCUT2D eigenvalue weighted by Crippen LogP contribution is -2.20. The van der Waals surface area contributed by atoms with E-state index in [-0.39, 0.29) is 18.2 Å². The number of rotatable bonds is 11. The van der Waals surface area contributed by atoms with Crippen molar-refractivity contribution >= 4 is 23.6 Å². The van der Waals surface area contributed by atoms with E-state index in [1.54, 1.807) is 10.6 Å². The summed E-state index contributed by atoms with van der Waals surface area (Å²) in [6.07, 6.45) is -0.397. The zero-order valence-corrected chi connectivity index (χ0v) is 23.5. The van der Waals surface area contributed by atoms with Crippen LogP contribution in [0.5, 0.6) is 0 Å². The van der Waals surface area contributed by atoms with Crippen LogP contribution in [0.1, 0.15) is 48.9 Å². The number of aliphatic hydroxyl groups excluding tert-OH is 2. The normalized spacial score (nSPS) is 12.9. The maximum atomic E-state index is 14.0. The number of carbonyl (C=O) groups is 2. The molecule has 2 atom stereocenters. The second-order valence-electron chi connectivity index (χ2n) is 10.3. The van der Waals surface area contributed by atoms with Crippen molar-refractivity contribution in [2.75, 3.05) is 5.32 Å². The van der Waals surface area contributed by atoms with E-state index in [1.165, 1.54) is 78.9 Å². The number of carboxylic acid groups (broad SMARTS) is 1. The fraction of sp³-hybridized carbons (Fsp3) is 0.212. The van der Waals surface area contributed by atoms with Crippen molar-refractivity contribution in [3.8, 4) is 22.3 Å². The van der Waals surface area contributed by atoms with Gasteiger partial charge in [-0.15, -0.1) is 0 Å². The number of aliphatic carboxylic acids is 1. The number of aliphatic hydroxyl groups is 2. The van der Waals surface area contributed by atoms with E-state index < -0.39 is 48.0 Å². The number of aromatic nitrogens is 1. The molecule has 1 heterocycles. The molecular formula is C33H31F3N2O5. The minimum absolute atomic E-state index is 0.172. The van der Waals surface area contributed by atoms with Gasteiger partial charge < -0.3 is 25.2 Å². The summed E-state index contributed by atoms with van der Waals surface area (Å²) < 4.78 is 43.3. The SMILES string of the molecule is CC(C)n1c(C=C[C@@H](O)C[C@@H](O)CC(=O)O)c(-c2ccc(F)cc2)c(-c2ccc(F)cc2)c1C(=O)Nc1ccc(F)cc1. The molecule has 0 aliphatic heterocycles. The highest BCUT2D eigenvalue weighted by Crippen LogP contribution is 2.43. The third-order valence-corrected chi connectivity index (χ3v) is 6.74. The molecule has 7 nitrogen and oxygen atoms in total. The number of nitrogens with zero attached hydrogens (tertiary/aromatic N) is 1. The quantitative estimate of drug-likeness (QED) is 0.155. The van der Waals surface area contributed by atoms with Crippen molar-refractivity contribution in [1.82, 2.24) is 4.57 Å². The number of benzene rings is 3. The number of carbonyl (C=O) groups excluding carboxylic acids is 1. The summed E-state index contributed by atoms with van der Waals surface area (Å²) in [4.78, 5) is 25.0. The van der Waals surface area contributed by atoms with Crippen molar-refractivity contribution in [2.24, 2.45) is 0 Å². The molecule has 4 N–H and O–H groups in total. The van der Waals surface area contributed by atoms with Crippen molar-refractivity contribution in [3.63, 3.8) is 0 Å². The van der Waals surface area contributed by atoms with E-state index in [0.717, 1.165) is 0 Å². The predicted octanol–water partition coefficient (Wildman–Crippen LogP) is 6.67. The van der Waals surface area contributed by atoms with Gasteiger partial charge in [0.05, 0.1) is 18.6 Å². The first kappa shape index (κ1) is 31.3. The van der Waals surface area contributed by atoms with Crippen LogP contribution in [0.4, 0.5) is 18.9 Å². The summed E-state index contributed by atoms with van der Waals surface area (Å²) in [5.74, 6) is -3.22. The average Bonchev–Trinajstić information content (AvgIpc) is 3.29. The molecule has 224 valence electrons. The Bertz CT molecular complexity index is 1610. The maximum Gasteiger partial charge on any atom is 0.305 e. The summed E-state index contributed by atoms with van der Waals surface area (Å²) in [7, 11) is 0. The van der Waals surface area contributed by atoms with Gasteiger partial charge in [0, 0.05) is 35.0 Å². The summed E-state index contributed by atoms with van der Waals surface area (Å²) in [6, 6.07) is 16.0. The zero-order chi connectivity index (χ0) is 31.3. The Kier molecular flexibility index (Phi) is 9.84. The lowest BCUT2D eigenvalue weighted by atomic mass is 9.94. The first-order chi connectivity index (χ1) is 20.4. The summed E-state index contributed by atoms with van der Waals surface area (Å²) in [5.41, 5.74) is 2.84. The van der Waals surface area contributed by atoms with E-state index in [1.807, 2.05) is 13.8 Å². The molecule has 0 aliphatic carbocycles. The number of amides is 1. The molecular weight excluding hydrogens is 561 g/mol. The van der Waals surface area contributed by atoms with Crippen molar-refractivity contribution in [2.45, 2.75) is 44.9 Å². The van der Waals surface area contributed by atoms with E-state index in [0.29, 0.717) is 33.6 Å². The monoisotopic (exact) mass is 592 g/mol. The van der Waals surface area contributed by atoms with Crippen LogP contribution in [0.15, 0.2) is 78.9 Å². The number of hydrogen-bond acceptors (Lipinski definition) is 4. The minimum atomic E-state index is -1.29. The molecule has 10 heteroatoms. The molecule has 0 aliphatic rings. The molecule has 1 aromatic heterocycles. The fourth-order valence-corrected chi connectivity index (χ4v) is 4.91. The second kappa shape index (κ2) is 13.5. The van der Waals surface area contributed by atoms with Crippen molar-refractivity contribution in [3.05, 3.63) is 108 Å². The van der Waals surface area contributed by atoms with Crippen LogP contribution in [0.25, 0.3) is 28.3 Å². The first-order valence-electron chi connectivity index (χ1n) is 13.6. The Morgan fingerprint density at radius 3 is 1.79 bits per heavy atom. The molecule has 0 saturated heterocycles. The molecule has 1 amide bonds. The van der Waals surface area contributed by atoms with Gasteiger partial charge >= 0.3 is 5.97 Å². The minimum Gasteiger partial charge on any atom is -0.481 e. The van der Waals surface area contributed by atoms with Crippen LogP contribution in [0, 0.1) is 17.5 Å². The van der Waals surface area contributed by atoms with E-state index in [2.05, 4.69) is 5.32 Å². The molecule has 4 rings (SSSR count). The number of anilines is 1. The molecule has 0 unspecified atom stereocenters. The maximum absolute atomic E-state index is 14.0. The molecule has 0 fully saturated rings. The fourth-order valence-electron chi connectivity index (χ4n) is 4.91. The average molecular weight is 593 g/mol. The van der Waals surface area contributed by atoms with Crippen molar-refractivity contribution in [1.29, 1.82) is 0 Å². The summed E-state index contributed by atoms with van der Waals surface area (Å²) in [5, 5.41) is 32.4. The Balaban J connectivity index is 1.97. The summed E-state index contributed by atoms with van der Waals surface area (Å²) >= 11 is 0. The van der Waals surface area contributed by atoms with E-state index in [4.69, 9.17) is 5.11 Å². The topological polar surface area (TPSA) is 112 Å². The van der Waals surface area contributed by atoms with Crippen LogP contribution in [0.3, 0.4) is 0 Å². The molecule has 4 aromatic rings. The molecule has 43 heavy (non-hydrogen) atoms. The highest BCUT2D eigenvalue weighted by molar-refractivity contribution is 6.11. The number of carboxylic acids is 1. The lowest BCUT2D eigenvalue weighted by Gasteiger charge is -2.17. The largest absolute Gasteiger partial charge is 0.481 e. The standard InChI is InChI=1S/C33H31F3N2O5/c1-19(2)38-28(16-15-26(39)17-27(40)18-29(41)42)30(20-3-7-22(34)8-4-20)31(21-5-9-23(35)10-6-21)32(38)33(43)37-25-13-11-24(36)12-14-25/h3-16,19,26-27,39-40H,17-18H2,1-2H3,(H,37,43)(H,41,42)/t26-,27-/m1/s1. The lowest BCUT2D eigenvalue weighted by molar-refractivity contribution is -0.139. The predicted molar refractivity (Wildman–Crippen MR) is 158 cm³/mol. The van der Waals surface area contributed by atoms with Gasteiger partial charge in [0.15, 0.2) is 0 Å². The number of halogens is 3. The third kappa shape index (κ3) is 7.59. The Morgan fingerprint density at radius 1 is 0.814 bits per heavy atom. The third-order valence-electron chi connectivity index (χ3n) is 6.74. The highest BCUT2D eigenvalue weighted by Gasteiger charge is 2.29. The zero-order valence-electron chi connectivity index (χ0n) is 23.5. The van der Waals surface area contributed by atoms with Gasteiger partial charge in [-0.1, -0.05) is 30.3 Å². The highest BCUT2D eigenvalue weighted by atomic mass is 19.1. The first-order valence-corrected chi connectivity index (χ1v) is 13.6.